The van der Waals surface area contributed by atoms with E-state index in [2.05, 4.69) is 19.2 Å². The summed E-state index contributed by atoms with van der Waals surface area (Å²) in [5, 5.41) is 12.6. The second kappa shape index (κ2) is 5.45. The van der Waals surface area contributed by atoms with Crippen molar-refractivity contribution in [3.8, 4) is 0 Å². The van der Waals surface area contributed by atoms with Crippen LogP contribution in [0.3, 0.4) is 0 Å². The molecule has 1 aliphatic rings. The maximum Gasteiger partial charge on any atom is 0.335 e. The van der Waals surface area contributed by atoms with Crippen molar-refractivity contribution >= 4 is 23.4 Å². The van der Waals surface area contributed by atoms with Crippen molar-refractivity contribution in [3.63, 3.8) is 0 Å². The van der Waals surface area contributed by atoms with E-state index in [9.17, 15) is 4.79 Å². The number of aromatic carboxylic acids is 1. The largest absolute Gasteiger partial charge is 0.478 e. The number of rotatable bonds is 3. The molecule has 1 aromatic rings. The fourth-order valence-corrected chi connectivity index (χ4v) is 3.93. The maximum absolute atomic E-state index is 10.9. The van der Waals surface area contributed by atoms with Gasteiger partial charge >= 0.3 is 5.97 Å². The highest BCUT2D eigenvalue weighted by atomic mass is 32.2. The summed E-state index contributed by atoms with van der Waals surface area (Å²) in [5.41, 5.74) is 2.67. The summed E-state index contributed by atoms with van der Waals surface area (Å²) in [6.45, 7) is 6.55. The minimum absolute atomic E-state index is 0.281. The molecule has 1 atom stereocenters. The van der Waals surface area contributed by atoms with Gasteiger partial charge in [-0.1, -0.05) is 13.8 Å². The van der Waals surface area contributed by atoms with Gasteiger partial charge in [-0.25, -0.2) is 4.79 Å². The minimum atomic E-state index is -0.872. The Labute approximate surface area is 118 Å². The lowest BCUT2D eigenvalue weighted by Crippen LogP contribution is -2.41. The van der Waals surface area contributed by atoms with E-state index in [-0.39, 0.29) is 5.41 Å². The first-order valence-corrected chi connectivity index (χ1v) is 7.74. The van der Waals surface area contributed by atoms with Crippen LogP contribution in [0.25, 0.3) is 0 Å². The van der Waals surface area contributed by atoms with E-state index >= 15 is 0 Å². The van der Waals surface area contributed by atoms with E-state index in [1.807, 2.05) is 24.8 Å². The summed E-state index contributed by atoms with van der Waals surface area (Å²) in [6.07, 6.45) is 1.21. The summed E-state index contributed by atoms with van der Waals surface area (Å²) < 4.78 is 0. The molecule has 1 fully saturated rings. The number of thioether (sulfide) groups is 1. The van der Waals surface area contributed by atoms with Crippen molar-refractivity contribution in [1.29, 1.82) is 0 Å². The molecule has 104 valence electrons. The molecule has 2 rings (SSSR count). The first-order valence-electron chi connectivity index (χ1n) is 6.58. The summed E-state index contributed by atoms with van der Waals surface area (Å²) >= 11 is 1.98. The molecule has 1 unspecified atom stereocenters. The lowest BCUT2D eigenvalue weighted by Gasteiger charge is -2.39. The Morgan fingerprint density at radius 2 is 2.21 bits per heavy atom. The Kier molecular flexibility index (Phi) is 4.09. The van der Waals surface area contributed by atoms with Gasteiger partial charge in [0, 0.05) is 17.5 Å². The van der Waals surface area contributed by atoms with E-state index in [1.165, 1.54) is 12.2 Å². The Morgan fingerprint density at radius 1 is 1.47 bits per heavy atom. The van der Waals surface area contributed by atoms with Gasteiger partial charge in [0.25, 0.3) is 0 Å². The summed E-state index contributed by atoms with van der Waals surface area (Å²) in [6, 6.07) is 5.71. The third-order valence-electron chi connectivity index (χ3n) is 3.92. The molecular weight excluding hydrogens is 258 g/mol. The van der Waals surface area contributed by atoms with Gasteiger partial charge in [0.15, 0.2) is 0 Å². The lowest BCUT2D eigenvalue weighted by molar-refractivity contribution is 0.0697. The number of hydrogen-bond donors (Lipinski definition) is 2. The number of anilines is 1. The summed E-state index contributed by atoms with van der Waals surface area (Å²) in [5.74, 6) is 1.46. The fraction of sp³-hybridized carbons (Fsp3) is 0.533. The van der Waals surface area contributed by atoms with Crippen LogP contribution >= 0.6 is 11.8 Å². The van der Waals surface area contributed by atoms with Crippen molar-refractivity contribution in [3.05, 3.63) is 29.3 Å². The highest BCUT2D eigenvalue weighted by Crippen LogP contribution is 2.36. The van der Waals surface area contributed by atoms with Crippen LogP contribution in [0.2, 0.25) is 0 Å². The minimum Gasteiger partial charge on any atom is -0.478 e. The van der Waals surface area contributed by atoms with Gasteiger partial charge in [0.2, 0.25) is 0 Å². The first kappa shape index (κ1) is 14.3. The van der Waals surface area contributed by atoms with Crippen molar-refractivity contribution in [2.75, 3.05) is 16.8 Å². The molecule has 0 saturated carbocycles. The fourth-order valence-electron chi connectivity index (χ4n) is 2.32. The summed E-state index contributed by atoms with van der Waals surface area (Å²) in [4.78, 5) is 10.9. The molecule has 0 spiro atoms. The van der Waals surface area contributed by atoms with Crippen molar-refractivity contribution in [2.24, 2.45) is 5.41 Å². The van der Waals surface area contributed by atoms with Gasteiger partial charge in [-0.2, -0.15) is 11.8 Å². The first-order chi connectivity index (χ1) is 8.90. The Bertz CT molecular complexity index is 485. The average Bonchev–Trinajstić information content (AvgIpc) is 2.33. The van der Waals surface area contributed by atoms with E-state index in [0.29, 0.717) is 11.6 Å². The summed E-state index contributed by atoms with van der Waals surface area (Å²) in [7, 11) is 0. The van der Waals surface area contributed by atoms with Gasteiger partial charge in [0.05, 0.1) is 5.56 Å². The zero-order valence-electron chi connectivity index (χ0n) is 11.7. The van der Waals surface area contributed by atoms with E-state index in [0.717, 1.165) is 17.0 Å². The van der Waals surface area contributed by atoms with Crippen molar-refractivity contribution < 1.29 is 9.90 Å². The maximum atomic E-state index is 10.9. The second-order valence-corrected chi connectivity index (χ2v) is 7.00. The van der Waals surface area contributed by atoms with Crippen molar-refractivity contribution in [2.45, 2.75) is 33.2 Å². The standard InChI is InChI=1S/C15H21NO2S/c1-10-8-11(14(17)18)4-5-12(10)16-13-9-19-7-6-15(13,2)3/h4-5,8,13,16H,6-7,9H2,1-3H3,(H,17,18). The second-order valence-electron chi connectivity index (χ2n) is 5.85. The Hall–Kier alpha value is -1.16. The highest BCUT2D eigenvalue weighted by molar-refractivity contribution is 7.99. The molecule has 4 heteroatoms. The molecule has 19 heavy (non-hydrogen) atoms. The van der Waals surface area contributed by atoms with Crippen LogP contribution in [0.5, 0.6) is 0 Å². The zero-order valence-corrected chi connectivity index (χ0v) is 12.5. The molecule has 0 bridgehead atoms. The monoisotopic (exact) mass is 279 g/mol. The molecule has 1 aromatic carbocycles. The molecule has 0 aromatic heterocycles. The van der Waals surface area contributed by atoms with Crippen LogP contribution in [0.15, 0.2) is 18.2 Å². The molecule has 3 nitrogen and oxygen atoms in total. The number of benzene rings is 1. The van der Waals surface area contributed by atoms with Crippen molar-refractivity contribution in [1.82, 2.24) is 0 Å². The number of aryl methyl sites for hydroxylation is 1. The zero-order chi connectivity index (χ0) is 14.0. The third kappa shape index (κ3) is 3.24. The number of nitrogens with one attached hydrogen (secondary N) is 1. The van der Waals surface area contributed by atoms with Gasteiger partial charge in [-0.15, -0.1) is 0 Å². The molecule has 0 aliphatic carbocycles. The molecule has 0 radical (unpaired) electrons. The Balaban J connectivity index is 2.17. The predicted octanol–water partition coefficient (Wildman–Crippen LogP) is 3.64. The smallest absolute Gasteiger partial charge is 0.335 e. The van der Waals surface area contributed by atoms with Gasteiger partial charge in [0.1, 0.15) is 0 Å². The highest BCUT2D eigenvalue weighted by Gasteiger charge is 2.32. The van der Waals surface area contributed by atoms with Crippen LogP contribution in [-0.4, -0.2) is 28.6 Å². The lowest BCUT2D eigenvalue weighted by atomic mass is 9.82. The van der Waals surface area contributed by atoms with Crippen LogP contribution < -0.4 is 5.32 Å². The molecule has 1 heterocycles. The number of carboxylic acid groups (broad SMARTS) is 1. The van der Waals surface area contributed by atoms with E-state index in [1.54, 1.807) is 12.1 Å². The SMILES string of the molecule is Cc1cc(C(=O)O)ccc1NC1CSCCC1(C)C. The number of hydrogen-bond acceptors (Lipinski definition) is 3. The molecular formula is C15H21NO2S. The molecule has 1 saturated heterocycles. The van der Waals surface area contributed by atoms with Gasteiger partial charge in [-0.05, 0) is 48.3 Å². The third-order valence-corrected chi connectivity index (χ3v) is 4.98. The Morgan fingerprint density at radius 3 is 2.79 bits per heavy atom. The van der Waals surface area contributed by atoms with Gasteiger partial charge in [-0.3, -0.25) is 0 Å². The normalized spacial score (nSPS) is 21.9. The van der Waals surface area contributed by atoms with E-state index in [4.69, 9.17) is 5.11 Å². The van der Waals surface area contributed by atoms with Crippen LogP contribution in [-0.2, 0) is 0 Å². The number of carbonyl (C=O) groups is 1. The van der Waals surface area contributed by atoms with E-state index < -0.39 is 5.97 Å². The molecule has 0 amide bonds. The molecule has 1 aliphatic heterocycles. The topological polar surface area (TPSA) is 49.3 Å². The van der Waals surface area contributed by atoms with Gasteiger partial charge < -0.3 is 10.4 Å². The van der Waals surface area contributed by atoms with Crippen LogP contribution in [0, 0.1) is 12.3 Å². The number of carboxylic acids is 1. The van der Waals surface area contributed by atoms with Crippen LogP contribution in [0.4, 0.5) is 5.69 Å². The predicted molar refractivity (Wildman–Crippen MR) is 81.3 cm³/mol. The quantitative estimate of drug-likeness (QED) is 0.887. The average molecular weight is 279 g/mol. The van der Waals surface area contributed by atoms with Crippen LogP contribution in [0.1, 0.15) is 36.2 Å². The molecule has 2 N–H and O–H groups in total.